The smallest absolute Gasteiger partial charge is 0.358 e. The van der Waals surface area contributed by atoms with Gasteiger partial charge in [0, 0.05) is 16.1 Å². The molecule has 2 rings (SSSR count). The number of benzene rings is 1. The summed E-state index contributed by atoms with van der Waals surface area (Å²) in [5.41, 5.74) is 0.959. The molecule has 22 heavy (non-hydrogen) atoms. The third-order valence-electron chi connectivity index (χ3n) is 3.03. The highest BCUT2D eigenvalue weighted by molar-refractivity contribution is 6.38. The maximum Gasteiger partial charge on any atom is 0.358 e. The minimum Gasteiger partial charge on any atom is -0.464 e. The molecule has 3 nitrogen and oxygen atoms in total. The third-order valence-corrected chi connectivity index (χ3v) is 4.07. The van der Waals surface area contributed by atoms with Crippen LogP contribution in [0.4, 0.5) is 4.39 Å². The van der Waals surface area contributed by atoms with Crippen LogP contribution < -0.4 is 0 Å². The summed E-state index contributed by atoms with van der Waals surface area (Å²) in [7, 11) is 1.23. The Morgan fingerprint density at radius 3 is 2.41 bits per heavy atom. The summed E-state index contributed by atoms with van der Waals surface area (Å²) >= 11 is 18.1. The first-order valence-electron chi connectivity index (χ1n) is 6.24. The summed E-state index contributed by atoms with van der Waals surface area (Å²) in [5.74, 6) is -0.670. The number of ether oxygens (including phenoxy) is 1. The molecule has 0 bridgehead atoms. The average molecular weight is 363 g/mol. The second kappa shape index (κ2) is 6.82. The molecule has 0 aliphatic heterocycles. The third kappa shape index (κ3) is 3.19. The minimum absolute atomic E-state index is 0.0393. The molecule has 2 aromatic rings. The second-order valence-corrected chi connectivity index (χ2v) is 5.65. The van der Waals surface area contributed by atoms with Gasteiger partial charge >= 0.3 is 5.97 Å². The fourth-order valence-electron chi connectivity index (χ4n) is 1.96. The predicted octanol–water partition coefficient (Wildman–Crippen LogP) is 5.53. The normalized spacial score (nSPS) is 12.1. The van der Waals surface area contributed by atoms with Crippen LogP contribution >= 0.6 is 34.8 Å². The first-order valence-corrected chi connectivity index (χ1v) is 7.37. The molecular formula is C15H11Cl3FNO2. The van der Waals surface area contributed by atoms with Crippen LogP contribution in [0.2, 0.25) is 15.1 Å². The van der Waals surface area contributed by atoms with Gasteiger partial charge in [-0.05, 0) is 31.2 Å². The summed E-state index contributed by atoms with van der Waals surface area (Å²) < 4.78 is 18.3. The van der Waals surface area contributed by atoms with Crippen molar-refractivity contribution in [2.75, 3.05) is 7.11 Å². The Labute approximate surface area is 142 Å². The van der Waals surface area contributed by atoms with Crippen LogP contribution in [0.25, 0.3) is 11.3 Å². The van der Waals surface area contributed by atoms with E-state index in [0.29, 0.717) is 11.3 Å². The Morgan fingerprint density at radius 2 is 1.82 bits per heavy atom. The first kappa shape index (κ1) is 17.0. The molecule has 0 N–H and O–H groups in total. The van der Waals surface area contributed by atoms with Gasteiger partial charge < -0.3 is 4.74 Å². The van der Waals surface area contributed by atoms with Gasteiger partial charge in [0.15, 0.2) is 5.69 Å². The molecule has 116 valence electrons. The largest absolute Gasteiger partial charge is 0.464 e. The highest BCUT2D eigenvalue weighted by atomic mass is 35.5. The number of rotatable bonds is 3. The Balaban J connectivity index is 2.63. The van der Waals surface area contributed by atoms with Crippen LogP contribution in [0.3, 0.4) is 0 Å². The summed E-state index contributed by atoms with van der Waals surface area (Å²) in [6.07, 6.45) is -1.34. The van der Waals surface area contributed by atoms with Crippen molar-refractivity contribution in [3.63, 3.8) is 0 Å². The standard InChI is InChI=1S/C15H11Cl3FNO2/c1-7(19)12-9(16)4-3-8(13(12)18)11-6-5-10(17)14(20-11)15(21)22-2/h3-7H,1-2H3. The lowest BCUT2D eigenvalue weighted by molar-refractivity contribution is 0.0594. The molecule has 0 amide bonds. The van der Waals surface area contributed by atoms with Gasteiger partial charge in [0.05, 0.1) is 22.8 Å². The van der Waals surface area contributed by atoms with Crippen LogP contribution in [0.5, 0.6) is 0 Å². The van der Waals surface area contributed by atoms with Gasteiger partial charge in [-0.15, -0.1) is 0 Å². The lowest BCUT2D eigenvalue weighted by Crippen LogP contribution is -2.06. The highest BCUT2D eigenvalue weighted by Gasteiger charge is 2.20. The number of esters is 1. The Morgan fingerprint density at radius 1 is 1.18 bits per heavy atom. The Bertz CT molecular complexity index is 735. The van der Waals surface area contributed by atoms with Gasteiger partial charge in [0.2, 0.25) is 0 Å². The van der Waals surface area contributed by atoms with Crippen molar-refractivity contribution >= 4 is 40.8 Å². The lowest BCUT2D eigenvalue weighted by atomic mass is 10.0. The van der Waals surface area contributed by atoms with Crippen LogP contribution in [-0.4, -0.2) is 18.1 Å². The van der Waals surface area contributed by atoms with Gasteiger partial charge in [-0.2, -0.15) is 0 Å². The van der Waals surface area contributed by atoms with Crippen molar-refractivity contribution in [3.05, 3.63) is 50.6 Å². The summed E-state index contributed by atoms with van der Waals surface area (Å²) in [6.45, 7) is 1.34. The molecule has 0 spiro atoms. The van der Waals surface area contributed by atoms with E-state index in [4.69, 9.17) is 34.8 Å². The fourth-order valence-corrected chi connectivity index (χ4v) is 2.91. The van der Waals surface area contributed by atoms with Crippen molar-refractivity contribution in [2.24, 2.45) is 0 Å². The van der Waals surface area contributed by atoms with E-state index in [1.807, 2.05) is 0 Å². The molecule has 1 aromatic carbocycles. The first-order chi connectivity index (χ1) is 10.4. The van der Waals surface area contributed by atoms with Gasteiger partial charge in [-0.3, -0.25) is 0 Å². The lowest BCUT2D eigenvalue weighted by Gasteiger charge is -2.13. The number of carbonyl (C=O) groups is 1. The van der Waals surface area contributed by atoms with E-state index in [2.05, 4.69) is 9.72 Å². The number of carbonyl (C=O) groups excluding carboxylic acids is 1. The molecule has 0 radical (unpaired) electrons. The molecule has 0 aliphatic rings. The van der Waals surface area contributed by atoms with E-state index in [9.17, 15) is 9.18 Å². The van der Waals surface area contributed by atoms with Gasteiger partial charge in [0.25, 0.3) is 0 Å². The molecular weight excluding hydrogens is 352 g/mol. The minimum atomic E-state index is -1.34. The van der Waals surface area contributed by atoms with Gasteiger partial charge in [0.1, 0.15) is 6.17 Å². The molecule has 1 aromatic heterocycles. The SMILES string of the molecule is COC(=O)c1nc(-c2ccc(Cl)c(C(C)F)c2Cl)ccc1Cl. The number of methoxy groups -OCH3 is 1. The zero-order valence-electron chi connectivity index (χ0n) is 11.7. The van der Waals surface area contributed by atoms with Gasteiger partial charge in [-0.1, -0.05) is 34.8 Å². The zero-order chi connectivity index (χ0) is 16.4. The topological polar surface area (TPSA) is 39.2 Å². The molecule has 0 aliphatic carbocycles. The van der Waals surface area contributed by atoms with Crippen LogP contribution in [0, 0.1) is 0 Å². The molecule has 1 heterocycles. The van der Waals surface area contributed by atoms with Gasteiger partial charge in [-0.25, -0.2) is 14.2 Å². The van der Waals surface area contributed by atoms with Crippen LogP contribution in [0.15, 0.2) is 24.3 Å². The number of aromatic nitrogens is 1. The van der Waals surface area contributed by atoms with E-state index < -0.39 is 12.1 Å². The van der Waals surface area contributed by atoms with Crippen LogP contribution in [0.1, 0.15) is 29.1 Å². The summed E-state index contributed by atoms with van der Waals surface area (Å²) in [5, 5.41) is 0.527. The predicted molar refractivity (Wildman–Crippen MR) is 85.6 cm³/mol. The van der Waals surface area contributed by atoms with Crippen molar-refractivity contribution in [2.45, 2.75) is 13.1 Å². The van der Waals surface area contributed by atoms with Crippen molar-refractivity contribution < 1.29 is 13.9 Å². The fraction of sp³-hybridized carbons (Fsp3) is 0.200. The Kier molecular flexibility index (Phi) is 5.27. The Hall–Kier alpha value is -1.36. The van der Waals surface area contributed by atoms with Crippen molar-refractivity contribution in [1.29, 1.82) is 0 Å². The zero-order valence-corrected chi connectivity index (χ0v) is 13.9. The molecule has 1 unspecified atom stereocenters. The second-order valence-electron chi connectivity index (χ2n) is 4.46. The average Bonchev–Trinajstić information content (AvgIpc) is 2.47. The maximum atomic E-state index is 13.7. The summed E-state index contributed by atoms with van der Waals surface area (Å²) in [6, 6.07) is 6.21. The number of nitrogens with zero attached hydrogens (tertiary/aromatic N) is 1. The van der Waals surface area contributed by atoms with E-state index >= 15 is 0 Å². The molecule has 7 heteroatoms. The quantitative estimate of drug-likeness (QED) is 0.674. The van der Waals surface area contributed by atoms with E-state index in [0.717, 1.165) is 0 Å². The molecule has 0 fully saturated rings. The monoisotopic (exact) mass is 361 g/mol. The van der Waals surface area contributed by atoms with E-state index in [1.165, 1.54) is 26.2 Å². The van der Waals surface area contributed by atoms with E-state index in [-0.39, 0.29) is 26.3 Å². The number of halogens is 4. The number of hydrogen-bond donors (Lipinski definition) is 0. The number of pyridine rings is 1. The maximum absolute atomic E-state index is 13.7. The molecule has 1 atom stereocenters. The summed E-state index contributed by atoms with van der Waals surface area (Å²) in [4.78, 5) is 15.8. The van der Waals surface area contributed by atoms with Crippen molar-refractivity contribution in [1.82, 2.24) is 4.98 Å². The molecule has 0 saturated heterocycles. The van der Waals surface area contributed by atoms with E-state index in [1.54, 1.807) is 12.1 Å². The number of hydrogen-bond acceptors (Lipinski definition) is 3. The molecule has 0 saturated carbocycles. The highest BCUT2D eigenvalue weighted by Crippen LogP contribution is 2.39. The van der Waals surface area contributed by atoms with Crippen molar-refractivity contribution in [3.8, 4) is 11.3 Å². The van der Waals surface area contributed by atoms with Crippen LogP contribution in [-0.2, 0) is 4.74 Å². The number of alkyl halides is 1.